The fourth-order valence-electron chi connectivity index (χ4n) is 2.41. The molecule has 2 nitrogen and oxygen atoms in total. The Morgan fingerprint density at radius 2 is 1.30 bits per heavy atom. The number of unbranched alkanes of at least 4 members (excludes halogenated alkanes) is 9. The van der Waals surface area contributed by atoms with Crippen LogP contribution in [-0.4, -0.2) is 12.1 Å². The third-order valence-corrected chi connectivity index (χ3v) is 3.78. The van der Waals surface area contributed by atoms with E-state index in [1.807, 2.05) is 6.92 Å². The Bertz CT molecular complexity index is 213. The summed E-state index contributed by atoms with van der Waals surface area (Å²) in [4.78, 5) is 11.6. The molecule has 0 saturated carbocycles. The highest BCUT2D eigenvalue weighted by atomic mass is 16.5. The Morgan fingerprint density at radius 3 is 1.85 bits per heavy atom. The predicted octanol–water partition coefficient (Wildman–Crippen LogP) is 6.03. The number of hydrogen-bond acceptors (Lipinski definition) is 2. The van der Waals surface area contributed by atoms with Gasteiger partial charge in [-0.1, -0.05) is 78.1 Å². The van der Waals surface area contributed by atoms with Gasteiger partial charge in [-0.05, 0) is 19.8 Å². The fraction of sp³-hybridized carbons (Fsp3) is 0.944. The Hall–Kier alpha value is -0.530. The molecule has 0 rings (SSSR count). The number of ether oxygens (including phenoxy) is 1. The largest absolute Gasteiger partial charge is 0.463 e. The molecule has 0 amide bonds. The molecular formula is C18H36O2. The summed E-state index contributed by atoms with van der Waals surface area (Å²) < 4.78 is 5.39. The van der Waals surface area contributed by atoms with Crippen molar-refractivity contribution in [3.05, 3.63) is 0 Å². The topological polar surface area (TPSA) is 26.3 Å². The summed E-state index contributed by atoms with van der Waals surface area (Å²) >= 11 is 0. The van der Waals surface area contributed by atoms with Crippen LogP contribution >= 0.6 is 0 Å². The van der Waals surface area contributed by atoms with Gasteiger partial charge in [-0.25, -0.2) is 0 Å². The third-order valence-electron chi connectivity index (χ3n) is 3.78. The minimum absolute atomic E-state index is 0.00320. The molecule has 0 radical (unpaired) electrons. The van der Waals surface area contributed by atoms with Crippen molar-refractivity contribution in [3.63, 3.8) is 0 Å². The number of esters is 1. The second-order valence-electron chi connectivity index (χ2n) is 6.02. The molecule has 120 valence electrons. The molecule has 0 aliphatic carbocycles. The molecule has 1 atom stereocenters. The van der Waals surface area contributed by atoms with E-state index in [0.29, 0.717) is 6.42 Å². The van der Waals surface area contributed by atoms with Gasteiger partial charge in [0.05, 0.1) is 6.10 Å². The van der Waals surface area contributed by atoms with Crippen LogP contribution in [0.2, 0.25) is 0 Å². The lowest BCUT2D eigenvalue weighted by molar-refractivity contribution is -0.148. The Balaban J connectivity index is 3.26. The summed E-state index contributed by atoms with van der Waals surface area (Å²) in [5.74, 6) is -0.00320. The second-order valence-corrected chi connectivity index (χ2v) is 6.02. The van der Waals surface area contributed by atoms with Crippen LogP contribution < -0.4 is 0 Å². The molecule has 20 heavy (non-hydrogen) atoms. The first-order valence-electron chi connectivity index (χ1n) is 8.90. The molecule has 0 fully saturated rings. The molecular weight excluding hydrogens is 248 g/mol. The van der Waals surface area contributed by atoms with Crippen molar-refractivity contribution in [2.75, 3.05) is 0 Å². The van der Waals surface area contributed by atoms with E-state index in [4.69, 9.17) is 4.74 Å². The molecule has 0 aromatic heterocycles. The van der Waals surface area contributed by atoms with Crippen LogP contribution in [-0.2, 0) is 9.53 Å². The average Bonchev–Trinajstić information content (AvgIpc) is 2.43. The van der Waals surface area contributed by atoms with Gasteiger partial charge >= 0.3 is 5.97 Å². The summed E-state index contributed by atoms with van der Waals surface area (Å²) in [6.45, 7) is 6.42. The number of carbonyl (C=O) groups is 1. The quantitative estimate of drug-likeness (QED) is 0.287. The van der Waals surface area contributed by atoms with Gasteiger partial charge in [0.25, 0.3) is 0 Å². The summed E-state index contributed by atoms with van der Waals surface area (Å²) in [5.41, 5.74) is 0. The van der Waals surface area contributed by atoms with Gasteiger partial charge < -0.3 is 4.74 Å². The third kappa shape index (κ3) is 13.9. The first kappa shape index (κ1) is 19.5. The van der Waals surface area contributed by atoms with Crippen molar-refractivity contribution in [2.45, 2.75) is 110 Å². The molecule has 0 aromatic carbocycles. The summed E-state index contributed by atoms with van der Waals surface area (Å²) in [6.07, 6.45) is 15.6. The Kier molecular flexibility index (Phi) is 14.5. The predicted molar refractivity (Wildman–Crippen MR) is 86.9 cm³/mol. The van der Waals surface area contributed by atoms with E-state index in [1.54, 1.807) is 0 Å². The van der Waals surface area contributed by atoms with Crippen LogP contribution in [0.15, 0.2) is 0 Å². The zero-order chi connectivity index (χ0) is 15.1. The maximum absolute atomic E-state index is 11.6. The molecule has 0 bridgehead atoms. The minimum atomic E-state index is -0.00320. The smallest absolute Gasteiger partial charge is 0.306 e. The van der Waals surface area contributed by atoms with Gasteiger partial charge in [-0.3, -0.25) is 4.79 Å². The molecule has 0 aliphatic rings. The summed E-state index contributed by atoms with van der Waals surface area (Å²) in [7, 11) is 0. The van der Waals surface area contributed by atoms with E-state index < -0.39 is 0 Å². The standard InChI is InChI=1S/C18H36O2/c1-4-6-8-9-10-11-12-13-14-16-18(19)20-17(3)15-7-5-2/h17H,4-16H2,1-3H3. The number of hydrogen-bond donors (Lipinski definition) is 0. The lowest BCUT2D eigenvalue weighted by Gasteiger charge is -2.12. The summed E-state index contributed by atoms with van der Waals surface area (Å²) in [5, 5.41) is 0. The van der Waals surface area contributed by atoms with Crippen molar-refractivity contribution >= 4 is 5.97 Å². The number of rotatable bonds is 14. The van der Waals surface area contributed by atoms with Crippen molar-refractivity contribution in [1.82, 2.24) is 0 Å². The van der Waals surface area contributed by atoms with E-state index in [-0.39, 0.29) is 12.1 Å². The van der Waals surface area contributed by atoms with Crippen LogP contribution in [0.1, 0.15) is 104 Å². The fourth-order valence-corrected chi connectivity index (χ4v) is 2.41. The van der Waals surface area contributed by atoms with Crippen molar-refractivity contribution < 1.29 is 9.53 Å². The highest BCUT2D eigenvalue weighted by Crippen LogP contribution is 2.11. The first-order valence-corrected chi connectivity index (χ1v) is 8.90. The van der Waals surface area contributed by atoms with Gasteiger partial charge in [-0.2, -0.15) is 0 Å². The van der Waals surface area contributed by atoms with E-state index in [0.717, 1.165) is 19.3 Å². The van der Waals surface area contributed by atoms with Gasteiger partial charge in [0.2, 0.25) is 0 Å². The highest BCUT2D eigenvalue weighted by molar-refractivity contribution is 5.69. The lowest BCUT2D eigenvalue weighted by atomic mass is 10.1. The van der Waals surface area contributed by atoms with Gasteiger partial charge in [0.15, 0.2) is 0 Å². The van der Waals surface area contributed by atoms with E-state index >= 15 is 0 Å². The van der Waals surface area contributed by atoms with Gasteiger partial charge in [0, 0.05) is 6.42 Å². The average molecular weight is 284 g/mol. The molecule has 1 unspecified atom stereocenters. The Labute approximate surface area is 126 Å². The first-order chi connectivity index (χ1) is 9.70. The molecule has 0 heterocycles. The van der Waals surface area contributed by atoms with E-state index in [9.17, 15) is 4.79 Å². The summed E-state index contributed by atoms with van der Waals surface area (Å²) in [6, 6.07) is 0. The van der Waals surface area contributed by atoms with Gasteiger partial charge in [0.1, 0.15) is 0 Å². The maximum Gasteiger partial charge on any atom is 0.306 e. The van der Waals surface area contributed by atoms with Crippen molar-refractivity contribution in [2.24, 2.45) is 0 Å². The normalized spacial score (nSPS) is 12.3. The maximum atomic E-state index is 11.6. The van der Waals surface area contributed by atoms with Crippen LogP contribution in [0, 0.1) is 0 Å². The van der Waals surface area contributed by atoms with Crippen LogP contribution in [0.5, 0.6) is 0 Å². The molecule has 0 aliphatic heterocycles. The molecule has 0 N–H and O–H groups in total. The van der Waals surface area contributed by atoms with Crippen molar-refractivity contribution in [3.8, 4) is 0 Å². The molecule has 0 spiro atoms. The molecule has 0 aromatic rings. The second kappa shape index (κ2) is 14.9. The van der Waals surface area contributed by atoms with Crippen LogP contribution in [0.4, 0.5) is 0 Å². The SMILES string of the molecule is CCCCCCCCCCCC(=O)OC(C)CCCC. The highest BCUT2D eigenvalue weighted by Gasteiger charge is 2.08. The molecule has 0 saturated heterocycles. The molecule has 2 heteroatoms. The van der Waals surface area contributed by atoms with Crippen LogP contribution in [0.3, 0.4) is 0 Å². The zero-order valence-corrected chi connectivity index (χ0v) is 14.1. The minimum Gasteiger partial charge on any atom is -0.463 e. The van der Waals surface area contributed by atoms with Crippen molar-refractivity contribution in [1.29, 1.82) is 0 Å². The van der Waals surface area contributed by atoms with Gasteiger partial charge in [-0.15, -0.1) is 0 Å². The van der Waals surface area contributed by atoms with Crippen LogP contribution in [0.25, 0.3) is 0 Å². The lowest BCUT2D eigenvalue weighted by Crippen LogP contribution is -2.14. The number of carbonyl (C=O) groups excluding carboxylic acids is 1. The Morgan fingerprint density at radius 1 is 0.800 bits per heavy atom. The zero-order valence-electron chi connectivity index (χ0n) is 14.1. The van der Waals surface area contributed by atoms with E-state index in [2.05, 4.69) is 13.8 Å². The monoisotopic (exact) mass is 284 g/mol. The van der Waals surface area contributed by atoms with E-state index in [1.165, 1.54) is 57.8 Å².